The van der Waals surface area contributed by atoms with Crippen LogP contribution in [0.2, 0.25) is 0 Å². The number of carbonyl (C=O) groups is 2. The van der Waals surface area contributed by atoms with E-state index in [0.29, 0.717) is 24.5 Å². The lowest BCUT2D eigenvalue weighted by Gasteiger charge is -2.34. The summed E-state index contributed by atoms with van der Waals surface area (Å²) in [6, 6.07) is 7.80. The van der Waals surface area contributed by atoms with Crippen molar-refractivity contribution in [2.75, 3.05) is 24.6 Å². The van der Waals surface area contributed by atoms with Crippen molar-refractivity contribution in [1.82, 2.24) is 4.98 Å². The number of esters is 1. The highest BCUT2D eigenvalue weighted by Crippen LogP contribution is 2.33. The van der Waals surface area contributed by atoms with Crippen LogP contribution in [0.5, 0.6) is 0 Å². The second-order valence-corrected chi connectivity index (χ2v) is 6.36. The molecule has 0 spiro atoms. The number of primary amides is 1. The van der Waals surface area contributed by atoms with Crippen LogP contribution >= 0.6 is 0 Å². The molecule has 3 rings (SSSR count). The maximum atomic E-state index is 12.4. The summed E-state index contributed by atoms with van der Waals surface area (Å²) in [6.07, 6.45) is 3.78. The van der Waals surface area contributed by atoms with E-state index < -0.39 is 0 Å². The fourth-order valence-corrected chi connectivity index (χ4v) is 3.47. The number of anilines is 1. The van der Waals surface area contributed by atoms with E-state index in [2.05, 4.69) is 9.88 Å². The monoisotopic (exact) mass is 341 g/mol. The minimum atomic E-state index is -0.352. The van der Waals surface area contributed by atoms with Gasteiger partial charge in [-0.05, 0) is 31.7 Å². The molecule has 1 fully saturated rings. The molecule has 0 atom stereocenters. The quantitative estimate of drug-likeness (QED) is 0.845. The Balaban J connectivity index is 1.95. The number of piperidine rings is 1. The predicted molar refractivity (Wildman–Crippen MR) is 96.4 cm³/mol. The molecule has 0 radical (unpaired) electrons. The average Bonchev–Trinajstić information content (AvgIpc) is 2.61. The van der Waals surface area contributed by atoms with Crippen LogP contribution in [0.25, 0.3) is 10.9 Å². The number of carbonyl (C=O) groups excluding carboxylic acids is 2. The van der Waals surface area contributed by atoms with Gasteiger partial charge in [-0.2, -0.15) is 0 Å². The molecule has 6 nitrogen and oxygen atoms in total. The molecule has 0 unspecified atom stereocenters. The Morgan fingerprint density at radius 1 is 1.28 bits per heavy atom. The molecule has 2 aromatic rings. The van der Waals surface area contributed by atoms with Crippen molar-refractivity contribution in [1.29, 1.82) is 0 Å². The highest BCUT2D eigenvalue weighted by atomic mass is 16.5. The number of fused-ring (bicyclic) bond motifs is 1. The number of hydrogen-bond donors (Lipinski definition) is 1. The number of amides is 1. The number of para-hydroxylation sites is 1. The normalized spacial score (nSPS) is 15.3. The van der Waals surface area contributed by atoms with Crippen molar-refractivity contribution in [2.24, 2.45) is 11.7 Å². The number of rotatable bonds is 5. The lowest BCUT2D eigenvalue weighted by atomic mass is 9.92. The molecule has 1 aliphatic rings. The molecule has 2 heterocycles. The van der Waals surface area contributed by atoms with Gasteiger partial charge in [-0.25, -0.2) is 4.79 Å². The van der Waals surface area contributed by atoms with Gasteiger partial charge in [0.2, 0.25) is 5.91 Å². The van der Waals surface area contributed by atoms with E-state index in [1.165, 1.54) is 0 Å². The largest absolute Gasteiger partial charge is 0.462 e. The molecule has 1 saturated heterocycles. The topological polar surface area (TPSA) is 85.5 Å². The van der Waals surface area contributed by atoms with Crippen molar-refractivity contribution in [3.05, 3.63) is 36.0 Å². The fraction of sp³-hybridized carbons (Fsp3) is 0.421. The predicted octanol–water partition coefficient (Wildman–Crippen LogP) is 2.50. The first-order chi connectivity index (χ1) is 12.1. The third-order valence-electron chi connectivity index (χ3n) is 4.66. The van der Waals surface area contributed by atoms with E-state index in [0.717, 1.165) is 42.5 Å². The third kappa shape index (κ3) is 3.73. The van der Waals surface area contributed by atoms with Gasteiger partial charge in [0.15, 0.2) is 0 Å². The van der Waals surface area contributed by atoms with Crippen molar-refractivity contribution in [3.63, 3.8) is 0 Å². The molecule has 132 valence electrons. The number of nitrogens with zero attached hydrogens (tertiary/aromatic N) is 2. The van der Waals surface area contributed by atoms with Gasteiger partial charge in [0.25, 0.3) is 0 Å². The standard InChI is InChI=1S/C19H23N3O3/c1-2-25-19(24)15-12-21-16-6-4-3-5-14(16)18(15)22-9-7-13(8-10-22)11-17(20)23/h3-6,12-13H,2,7-11H2,1H3,(H2,20,23). The van der Waals surface area contributed by atoms with Gasteiger partial charge in [0, 0.05) is 31.1 Å². The number of nitrogens with two attached hydrogens (primary N) is 1. The van der Waals surface area contributed by atoms with E-state index in [1.54, 1.807) is 13.1 Å². The highest BCUT2D eigenvalue weighted by Gasteiger charge is 2.26. The number of aromatic nitrogens is 1. The zero-order chi connectivity index (χ0) is 17.8. The van der Waals surface area contributed by atoms with Gasteiger partial charge in [-0.3, -0.25) is 9.78 Å². The number of benzene rings is 1. The highest BCUT2D eigenvalue weighted by molar-refractivity contribution is 6.05. The fourth-order valence-electron chi connectivity index (χ4n) is 3.47. The summed E-state index contributed by atoms with van der Waals surface area (Å²) in [7, 11) is 0. The Morgan fingerprint density at radius 3 is 2.68 bits per heavy atom. The maximum Gasteiger partial charge on any atom is 0.341 e. The molecule has 0 bridgehead atoms. The number of ether oxygens (including phenoxy) is 1. The van der Waals surface area contributed by atoms with Crippen LogP contribution in [0.15, 0.2) is 30.5 Å². The van der Waals surface area contributed by atoms with Gasteiger partial charge in [0.05, 0.1) is 17.8 Å². The van der Waals surface area contributed by atoms with Crippen molar-refractivity contribution in [2.45, 2.75) is 26.2 Å². The molecule has 1 aromatic carbocycles. The third-order valence-corrected chi connectivity index (χ3v) is 4.66. The van der Waals surface area contributed by atoms with Gasteiger partial charge in [-0.15, -0.1) is 0 Å². The van der Waals surface area contributed by atoms with Gasteiger partial charge in [-0.1, -0.05) is 18.2 Å². The SMILES string of the molecule is CCOC(=O)c1cnc2ccccc2c1N1CCC(CC(N)=O)CC1. The van der Waals surface area contributed by atoms with E-state index in [1.807, 2.05) is 24.3 Å². The smallest absolute Gasteiger partial charge is 0.341 e. The maximum absolute atomic E-state index is 12.4. The van der Waals surface area contributed by atoms with Crippen LogP contribution in [0.1, 0.15) is 36.5 Å². The molecule has 25 heavy (non-hydrogen) atoms. The molecule has 2 N–H and O–H groups in total. The summed E-state index contributed by atoms with van der Waals surface area (Å²) >= 11 is 0. The van der Waals surface area contributed by atoms with E-state index >= 15 is 0 Å². The molecular weight excluding hydrogens is 318 g/mol. The van der Waals surface area contributed by atoms with Gasteiger partial charge < -0.3 is 15.4 Å². The van der Waals surface area contributed by atoms with Crippen LogP contribution in [-0.2, 0) is 9.53 Å². The van der Waals surface area contributed by atoms with Crippen LogP contribution in [0.4, 0.5) is 5.69 Å². The Bertz CT molecular complexity index is 783. The summed E-state index contributed by atoms with van der Waals surface area (Å²) in [4.78, 5) is 30.2. The molecule has 6 heteroatoms. The summed E-state index contributed by atoms with van der Waals surface area (Å²) in [5, 5.41) is 0.946. The molecule has 1 amide bonds. The van der Waals surface area contributed by atoms with Crippen LogP contribution in [-0.4, -0.2) is 36.6 Å². The molecular formula is C19H23N3O3. The zero-order valence-corrected chi connectivity index (χ0v) is 14.4. The van der Waals surface area contributed by atoms with E-state index in [-0.39, 0.29) is 11.9 Å². The second kappa shape index (κ2) is 7.51. The zero-order valence-electron chi connectivity index (χ0n) is 14.4. The number of hydrogen-bond acceptors (Lipinski definition) is 5. The van der Waals surface area contributed by atoms with Crippen molar-refractivity contribution in [3.8, 4) is 0 Å². The van der Waals surface area contributed by atoms with Crippen LogP contribution < -0.4 is 10.6 Å². The molecule has 0 saturated carbocycles. The summed E-state index contributed by atoms with van der Waals surface area (Å²) < 4.78 is 5.22. The first-order valence-corrected chi connectivity index (χ1v) is 8.68. The second-order valence-electron chi connectivity index (χ2n) is 6.36. The molecule has 1 aromatic heterocycles. The van der Waals surface area contributed by atoms with Crippen LogP contribution in [0, 0.1) is 5.92 Å². The van der Waals surface area contributed by atoms with Gasteiger partial charge >= 0.3 is 5.97 Å². The Kier molecular flexibility index (Phi) is 5.16. The van der Waals surface area contributed by atoms with Crippen molar-refractivity contribution >= 4 is 28.5 Å². The summed E-state index contributed by atoms with van der Waals surface area (Å²) in [5.41, 5.74) is 7.54. The summed E-state index contributed by atoms with van der Waals surface area (Å²) in [5.74, 6) is -0.289. The minimum Gasteiger partial charge on any atom is -0.462 e. The van der Waals surface area contributed by atoms with Gasteiger partial charge in [0.1, 0.15) is 5.56 Å². The Hall–Kier alpha value is -2.63. The van der Waals surface area contributed by atoms with Crippen LogP contribution in [0.3, 0.4) is 0 Å². The van der Waals surface area contributed by atoms with Crippen molar-refractivity contribution < 1.29 is 14.3 Å². The number of pyridine rings is 1. The molecule has 0 aliphatic carbocycles. The minimum absolute atomic E-state index is 0.250. The summed E-state index contributed by atoms with van der Waals surface area (Å²) in [6.45, 7) is 3.67. The first-order valence-electron chi connectivity index (χ1n) is 8.68. The van der Waals surface area contributed by atoms with E-state index in [4.69, 9.17) is 10.5 Å². The lowest BCUT2D eigenvalue weighted by Crippen LogP contribution is -2.36. The lowest BCUT2D eigenvalue weighted by molar-refractivity contribution is -0.119. The average molecular weight is 341 g/mol. The Labute approximate surface area is 147 Å². The Morgan fingerprint density at radius 2 is 2.00 bits per heavy atom. The first kappa shape index (κ1) is 17.2. The molecule has 1 aliphatic heterocycles. The van der Waals surface area contributed by atoms with E-state index in [9.17, 15) is 9.59 Å².